The molecule has 1 rings (SSSR count). The van der Waals surface area contributed by atoms with E-state index in [4.69, 9.17) is 20.5 Å². The zero-order valence-corrected chi connectivity index (χ0v) is 17.7. The average Bonchev–Trinajstić information content (AvgIpc) is 2.71. The minimum atomic E-state index is 0.0178. The molecule has 2 N–H and O–H groups in total. The summed E-state index contributed by atoms with van der Waals surface area (Å²) in [7, 11) is 0. The smallest absolute Gasteiger partial charge is 0.150 e. The van der Waals surface area contributed by atoms with Crippen LogP contribution in [0.15, 0.2) is 67.0 Å². The molecule has 0 radical (unpaired) electrons. The van der Waals surface area contributed by atoms with E-state index in [0.717, 1.165) is 12.8 Å². The van der Waals surface area contributed by atoms with E-state index in [1.807, 2.05) is 39.0 Å². The summed E-state index contributed by atoms with van der Waals surface area (Å²) < 4.78 is 10.6. The Kier molecular flexibility index (Phi) is 14.2. The first kappa shape index (κ1) is 25.9. The van der Waals surface area contributed by atoms with E-state index in [2.05, 4.69) is 19.2 Å². The third-order valence-corrected chi connectivity index (χ3v) is 3.57. The maximum absolute atomic E-state index is 10.5. The number of nitrogens with zero attached hydrogens (tertiary/aromatic N) is 1. The van der Waals surface area contributed by atoms with Gasteiger partial charge >= 0.3 is 0 Å². The van der Waals surface area contributed by atoms with E-state index < -0.39 is 0 Å². The number of benzene rings is 1. The highest BCUT2D eigenvalue weighted by Gasteiger charge is 2.05. The second kappa shape index (κ2) is 15.9. The van der Waals surface area contributed by atoms with Gasteiger partial charge in [-0.3, -0.25) is 4.79 Å². The minimum Gasteiger partial charge on any atom is -0.490 e. The fourth-order valence-electron chi connectivity index (χ4n) is 2.17. The van der Waals surface area contributed by atoms with Crippen LogP contribution in [0, 0.1) is 11.3 Å². The van der Waals surface area contributed by atoms with Gasteiger partial charge in [0.25, 0.3) is 0 Å². The highest BCUT2D eigenvalue weighted by molar-refractivity contribution is 5.76. The molecular formula is C24H32N2O3. The van der Waals surface area contributed by atoms with Crippen LogP contribution in [0.2, 0.25) is 0 Å². The zero-order chi connectivity index (χ0) is 22.1. The third kappa shape index (κ3) is 12.1. The number of rotatable bonds is 11. The van der Waals surface area contributed by atoms with Crippen LogP contribution in [-0.2, 0) is 4.74 Å². The van der Waals surface area contributed by atoms with E-state index in [9.17, 15) is 4.79 Å². The number of nitrogens with two attached hydrogens (primary N) is 1. The molecule has 5 nitrogen and oxygen atoms in total. The first-order valence-corrected chi connectivity index (χ1v) is 9.51. The number of hydrogen-bond acceptors (Lipinski definition) is 5. The summed E-state index contributed by atoms with van der Waals surface area (Å²) in [5.41, 5.74) is 7.70. The molecule has 0 spiro atoms. The molecule has 156 valence electrons. The summed E-state index contributed by atoms with van der Waals surface area (Å²) in [5, 5.41) is 8.81. The summed E-state index contributed by atoms with van der Waals surface area (Å²) in [6.07, 6.45) is 10.3. The lowest BCUT2D eigenvalue weighted by molar-refractivity contribution is 0.112. The van der Waals surface area contributed by atoms with Gasteiger partial charge in [0.15, 0.2) is 0 Å². The Morgan fingerprint density at radius 1 is 1.38 bits per heavy atom. The molecule has 0 aliphatic rings. The monoisotopic (exact) mass is 396 g/mol. The van der Waals surface area contributed by atoms with Crippen molar-refractivity contribution in [3.8, 4) is 11.8 Å². The van der Waals surface area contributed by atoms with Crippen molar-refractivity contribution in [1.82, 2.24) is 0 Å². The van der Waals surface area contributed by atoms with E-state index in [-0.39, 0.29) is 6.10 Å². The van der Waals surface area contributed by atoms with Gasteiger partial charge in [-0.1, -0.05) is 37.0 Å². The Hall–Kier alpha value is -3.10. The van der Waals surface area contributed by atoms with Gasteiger partial charge in [0.2, 0.25) is 0 Å². The summed E-state index contributed by atoms with van der Waals surface area (Å²) in [6, 6.07) is 6.78. The lowest BCUT2D eigenvalue weighted by Gasteiger charge is -2.10. The maximum Gasteiger partial charge on any atom is 0.150 e. The number of hydrogen-bond donors (Lipinski definition) is 1. The second-order valence-electron chi connectivity index (χ2n) is 6.31. The molecule has 0 unspecified atom stereocenters. The predicted molar refractivity (Wildman–Crippen MR) is 119 cm³/mol. The molecule has 0 amide bonds. The first-order chi connectivity index (χ1) is 13.9. The maximum atomic E-state index is 10.5. The first-order valence-electron chi connectivity index (χ1n) is 9.51. The van der Waals surface area contributed by atoms with E-state index >= 15 is 0 Å². The lowest BCUT2D eigenvalue weighted by Crippen LogP contribution is -2.06. The average molecular weight is 397 g/mol. The van der Waals surface area contributed by atoms with E-state index in [1.54, 1.807) is 18.2 Å². The third-order valence-electron chi connectivity index (χ3n) is 3.57. The van der Waals surface area contributed by atoms with Crippen molar-refractivity contribution >= 4 is 6.29 Å². The van der Waals surface area contributed by atoms with Crippen LogP contribution in [0.3, 0.4) is 0 Å². The molecule has 0 aliphatic heterocycles. The van der Waals surface area contributed by atoms with Crippen molar-refractivity contribution < 1.29 is 14.3 Å². The Morgan fingerprint density at radius 2 is 2.10 bits per heavy atom. The lowest BCUT2D eigenvalue weighted by atomic mass is 10.1. The molecular weight excluding hydrogens is 364 g/mol. The van der Waals surface area contributed by atoms with Gasteiger partial charge in [-0.25, -0.2) is 0 Å². The molecule has 0 heterocycles. The van der Waals surface area contributed by atoms with Gasteiger partial charge in [0.1, 0.15) is 30.5 Å². The van der Waals surface area contributed by atoms with Gasteiger partial charge in [-0.05, 0) is 64.4 Å². The van der Waals surface area contributed by atoms with Crippen molar-refractivity contribution in [3.05, 3.63) is 78.1 Å². The van der Waals surface area contributed by atoms with Crippen LogP contribution in [0.25, 0.3) is 0 Å². The fourth-order valence-corrected chi connectivity index (χ4v) is 2.17. The van der Waals surface area contributed by atoms with Crippen LogP contribution in [-0.4, -0.2) is 25.5 Å². The van der Waals surface area contributed by atoms with Crippen molar-refractivity contribution in [2.24, 2.45) is 5.73 Å². The van der Waals surface area contributed by atoms with Crippen LogP contribution < -0.4 is 10.5 Å². The molecule has 0 fully saturated rings. The molecule has 5 heteroatoms. The van der Waals surface area contributed by atoms with Crippen LogP contribution in [0.5, 0.6) is 5.75 Å². The Bertz CT molecular complexity index is 756. The number of aldehydes is 1. The van der Waals surface area contributed by atoms with Crippen LogP contribution in [0.1, 0.15) is 49.5 Å². The normalized spacial score (nSPS) is 10.7. The molecule has 1 aromatic carbocycles. The zero-order valence-electron chi connectivity index (χ0n) is 17.7. The Labute approximate surface area is 174 Å². The number of ether oxygens (including phenoxy) is 2. The SMILES string of the molecule is C=CCOC(=C)/C=C\C/C(=C\C)CCN.CC(C)Oc1ccc(C=O)cc1C#N. The number of carbonyl (C=O) groups excluding carboxylic acids is 1. The summed E-state index contributed by atoms with van der Waals surface area (Å²) in [5.74, 6) is 1.19. The molecule has 0 atom stereocenters. The quantitative estimate of drug-likeness (QED) is 0.243. The molecule has 0 bridgehead atoms. The Morgan fingerprint density at radius 3 is 2.62 bits per heavy atom. The standard InChI is InChI=1S/C13H21NO.C11H11NO2/c1-4-11-15-12(3)7-6-8-13(5-2)9-10-14;1-8(2)14-11-4-3-9(7-13)5-10(11)6-12/h4-7H,1,3,8-11,14H2,2H3;3-5,7-8H,1-2H3/b7-6-,13-5+;. The van der Waals surface area contributed by atoms with Crippen molar-refractivity contribution in [3.63, 3.8) is 0 Å². The van der Waals surface area contributed by atoms with Crippen LogP contribution >= 0.6 is 0 Å². The minimum absolute atomic E-state index is 0.0178. The van der Waals surface area contributed by atoms with E-state index in [1.165, 1.54) is 11.6 Å². The van der Waals surface area contributed by atoms with Crippen molar-refractivity contribution in [2.45, 2.75) is 39.7 Å². The van der Waals surface area contributed by atoms with Crippen LogP contribution in [0.4, 0.5) is 0 Å². The second-order valence-corrected chi connectivity index (χ2v) is 6.31. The Balaban J connectivity index is 0.000000541. The fraction of sp³-hybridized carbons (Fsp3) is 0.333. The molecule has 0 aromatic heterocycles. The van der Waals surface area contributed by atoms with Crippen molar-refractivity contribution in [2.75, 3.05) is 13.2 Å². The predicted octanol–water partition coefficient (Wildman–Crippen LogP) is 5.10. The molecule has 0 saturated heterocycles. The van der Waals surface area contributed by atoms with Gasteiger partial charge in [-0.15, -0.1) is 0 Å². The number of allylic oxidation sites excluding steroid dienone is 3. The molecule has 0 saturated carbocycles. The largest absolute Gasteiger partial charge is 0.490 e. The number of carbonyl (C=O) groups is 1. The highest BCUT2D eigenvalue weighted by atomic mass is 16.5. The summed E-state index contributed by atoms with van der Waals surface area (Å²) in [4.78, 5) is 10.5. The summed E-state index contributed by atoms with van der Waals surface area (Å²) in [6.45, 7) is 14.3. The van der Waals surface area contributed by atoms with Gasteiger partial charge in [-0.2, -0.15) is 5.26 Å². The molecule has 29 heavy (non-hydrogen) atoms. The van der Waals surface area contributed by atoms with E-state index in [0.29, 0.717) is 42.1 Å². The van der Waals surface area contributed by atoms with Crippen molar-refractivity contribution in [1.29, 1.82) is 5.26 Å². The molecule has 0 aliphatic carbocycles. The highest BCUT2D eigenvalue weighted by Crippen LogP contribution is 2.19. The van der Waals surface area contributed by atoms with Gasteiger partial charge in [0, 0.05) is 5.56 Å². The molecule has 1 aromatic rings. The van der Waals surface area contributed by atoms with Gasteiger partial charge in [0.05, 0.1) is 11.7 Å². The number of nitriles is 1. The summed E-state index contributed by atoms with van der Waals surface area (Å²) >= 11 is 0. The topological polar surface area (TPSA) is 85.3 Å². The van der Waals surface area contributed by atoms with Gasteiger partial charge < -0.3 is 15.2 Å².